The first-order valence-corrected chi connectivity index (χ1v) is 6.37. The number of rotatable bonds is 15. The van der Waals surface area contributed by atoms with Gasteiger partial charge in [0.25, 0.3) is 0 Å². The lowest BCUT2D eigenvalue weighted by Gasteiger charge is -2.06. The van der Waals surface area contributed by atoms with E-state index in [1.807, 2.05) is 0 Å². The zero-order valence-electron chi connectivity index (χ0n) is 11.4. The molecule has 0 aromatic heterocycles. The molecule has 0 aliphatic heterocycles. The smallest absolute Gasteiger partial charge is 0.305 e. The second kappa shape index (κ2) is 14.2. The second-order valence-electron chi connectivity index (χ2n) is 3.74. The quantitative estimate of drug-likeness (QED) is 0.406. The second-order valence-corrected chi connectivity index (χ2v) is 3.74. The Bertz CT molecular complexity index is 230. The first kappa shape index (κ1) is 18.8. The fourth-order valence-corrected chi connectivity index (χ4v) is 1.08. The summed E-state index contributed by atoms with van der Waals surface area (Å²) in [5.74, 6) is -1.77. The number of hydrogen-bond acceptors (Lipinski definition) is 6. The molecule has 0 saturated heterocycles. The summed E-state index contributed by atoms with van der Waals surface area (Å²) < 4.78 is 20.4. The summed E-state index contributed by atoms with van der Waals surface area (Å²) in [6.07, 6.45) is -0.0179. The Hall–Kier alpha value is -1.22. The molecule has 0 aliphatic rings. The number of carboxylic acids is 2. The maximum absolute atomic E-state index is 10.2. The van der Waals surface area contributed by atoms with E-state index >= 15 is 0 Å². The minimum absolute atomic E-state index is 0.00894. The van der Waals surface area contributed by atoms with E-state index in [1.54, 1.807) is 0 Å². The van der Waals surface area contributed by atoms with Crippen molar-refractivity contribution in [1.82, 2.24) is 0 Å². The van der Waals surface area contributed by atoms with Crippen molar-refractivity contribution in [3.8, 4) is 0 Å². The zero-order valence-corrected chi connectivity index (χ0v) is 11.4. The molecule has 0 aromatic rings. The molecule has 0 rings (SSSR count). The summed E-state index contributed by atoms with van der Waals surface area (Å²) in [5, 5.41) is 16.7. The molecular formula is C12H22O8. The van der Waals surface area contributed by atoms with E-state index in [1.165, 1.54) is 0 Å². The van der Waals surface area contributed by atoms with Crippen LogP contribution in [0.4, 0.5) is 0 Å². The van der Waals surface area contributed by atoms with Gasteiger partial charge in [-0.05, 0) is 0 Å². The molecule has 8 nitrogen and oxygen atoms in total. The molecule has 0 amide bonds. The van der Waals surface area contributed by atoms with Gasteiger partial charge in [-0.25, -0.2) is 0 Å². The molecule has 8 heteroatoms. The third-order valence-electron chi connectivity index (χ3n) is 2.04. The van der Waals surface area contributed by atoms with Crippen LogP contribution in [0.1, 0.15) is 12.8 Å². The van der Waals surface area contributed by atoms with Crippen molar-refractivity contribution in [2.24, 2.45) is 0 Å². The molecule has 0 spiro atoms. The van der Waals surface area contributed by atoms with Crippen molar-refractivity contribution in [1.29, 1.82) is 0 Å². The summed E-state index contributed by atoms with van der Waals surface area (Å²) in [6.45, 7) is 2.67. The van der Waals surface area contributed by atoms with Crippen molar-refractivity contribution >= 4 is 11.9 Å². The normalized spacial score (nSPS) is 10.6. The average Bonchev–Trinajstić information content (AvgIpc) is 2.38. The molecule has 0 aliphatic carbocycles. The summed E-state index contributed by atoms with van der Waals surface area (Å²) in [5.41, 5.74) is 0. The topological polar surface area (TPSA) is 112 Å². The van der Waals surface area contributed by atoms with Gasteiger partial charge in [0.1, 0.15) is 0 Å². The van der Waals surface area contributed by atoms with Gasteiger partial charge in [0.05, 0.1) is 65.7 Å². The van der Waals surface area contributed by atoms with E-state index in [0.717, 1.165) is 0 Å². The molecule has 0 heterocycles. The molecule has 0 saturated carbocycles. The minimum atomic E-state index is -0.884. The van der Waals surface area contributed by atoms with Crippen LogP contribution >= 0.6 is 0 Å². The molecule has 2 N–H and O–H groups in total. The lowest BCUT2D eigenvalue weighted by atomic mass is 10.5. The van der Waals surface area contributed by atoms with Gasteiger partial charge in [-0.1, -0.05) is 0 Å². The molecule has 0 aromatic carbocycles. The van der Waals surface area contributed by atoms with Crippen molar-refractivity contribution in [3.05, 3.63) is 0 Å². The third-order valence-corrected chi connectivity index (χ3v) is 2.04. The van der Waals surface area contributed by atoms with Gasteiger partial charge in [0.15, 0.2) is 0 Å². The third kappa shape index (κ3) is 16.8. The number of aliphatic carboxylic acids is 2. The molecule has 20 heavy (non-hydrogen) atoms. The average molecular weight is 294 g/mol. The number of ether oxygens (including phenoxy) is 4. The summed E-state index contributed by atoms with van der Waals surface area (Å²) >= 11 is 0. The van der Waals surface area contributed by atoms with Gasteiger partial charge in [0.2, 0.25) is 0 Å². The van der Waals surface area contributed by atoms with Gasteiger partial charge in [-0.3, -0.25) is 9.59 Å². The maximum atomic E-state index is 10.2. The number of carboxylic acid groups (broad SMARTS) is 2. The first-order valence-electron chi connectivity index (χ1n) is 6.37. The Morgan fingerprint density at radius 1 is 0.550 bits per heavy atom. The fraction of sp³-hybridized carbons (Fsp3) is 0.833. The summed E-state index contributed by atoms with van der Waals surface area (Å²) in [4.78, 5) is 20.3. The van der Waals surface area contributed by atoms with Gasteiger partial charge >= 0.3 is 11.9 Å². The largest absolute Gasteiger partial charge is 0.481 e. The Morgan fingerprint density at radius 3 is 1.05 bits per heavy atom. The molecular weight excluding hydrogens is 272 g/mol. The van der Waals surface area contributed by atoms with Crippen molar-refractivity contribution < 1.29 is 38.7 Å². The van der Waals surface area contributed by atoms with E-state index in [0.29, 0.717) is 39.6 Å². The SMILES string of the molecule is O=C(O)CCOCCOCCOCCOCCC(=O)O. The maximum Gasteiger partial charge on any atom is 0.305 e. The van der Waals surface area contributed by atoms with Crippen LogP contribution in [0.25, 0.3) is 0 Å². The van der Waals surface area contributed by atoms with Crippen molar-refractivity contribution in [3.63, 3.8) is 0 Å². The van der Waals surface area contributed by atoms with Crippen LogP contribution in [0.3, 0.4) is 0 Å². The highest BCUT2D eigenvalue weighted by Gasteiger charge is 1.97. The van der Waals surface area contributed by atoms with Crippen LogP contribution in [0, 0.1) is 0 Å². The molecule has 0 atom stereocenters. The van der Waals surface area contributed by atoms with Gasteiger partial charge in [-0.15, -0.1) is 0 Å². The van der Waals surface area contributed by atoms with E-state index in [-0.39, 0.29) is 26.1 Å². The van der Waals surface area contributed by atoms with Crippen LogP contribution in [-0.2, 0) is 28.5 Å². The Morgan fingerprint density at radius 2 is 0.800 bits per heavy atom. The van der Waals surface area contributed by atoms with Crippen LogP contribution in [0.2, 0.25) is 0 Å². The Labute approximate surface area is 117 Å². The first-order chi connectivity index (χ1) is 9.63. The minimum Gasteiger partial charge on any atom is -0.481 e. The van der Waals surface area contributed by atoms with Crippen LogP contribution in [0.15, 0.2) is 0 Å². The highest BCUT2D eigenvalue weighted by atomic mass is 16.6. The molecule has 0 unspecified atom stereocenters. The predicted octanol–water partition coefficient (Wildman–Crippen LogP) is 0.00220. The van der Waals surface area contributed by atoms with Crippen LogP contribution in [-0.4, -0.2) is 75.0 Å². The highest BCUT2D eigenvalue weighted by molar-refractivity contribution is 5.66. The van der Waals surface area contributed by atoms with Gasteiger partial charge in [-0.2, -0.15) is 0 Å². The molecule has 0 fully saturated rings. The van der Waals surface area contributed by atoms with E-state index in [9.17, 15) is 9.59 Å². The number of carbonyl (C=O) groups is 2. The molecule has 118 valence electrons. The summed E-state index contributed by atoms with van der Waals surface area (Å²) in [7, 11) is 0. The number of hydrogen-bond donors (Lipinski definition) is 2. The van der Waals surface area contributed by atoms with Gasteiger partial charge < -0.3 is 29.2 Å². The van der Waals surface area contributed by atoms with Crippen molar-refractivity contribution in [2.75, 3.05) is 52.9 Å². The predicted molar refractivity (Wildman–Crippen MR) is 67.8 cm³/mol. The fourth-order valence-electron chi connectivity index (χ4n) is 1.08. The van der Waals surface area contributed by atoms with Crippen LogP contribution < -0.4 is 0 Å². The van der Waals surface area contributed by atoms with E-state index in [4.69, 9.17) is 29.2 Å². The van der Waals surface area contributed by atoms with E-state index < -0.39 is 11.9 Å². The standard InChI is InChI=1S/C12H22O8/c13-11(14)1-3-17-5-7-19-9-10-20-8-6-18-4-2-12(15)16/h1-10H2,(H,13,14)(H,15,16). The lowest BCUT2D eigenvalue weighted by molar-refractivity contribution is -0.139. The Kier molecular flexibility index (Phi) is 13.3. The highest BCUT2D eigenvalue weighted by Crippen LogP contribution is 1.86. The zero-order chi connectivity index (χ0) is 15.1. The molecule has 0 bridgehead atoms. The van der Waals surface area contributed by atoms with E-state index in [2.05, 4.69) is 0 Å². The summed E-state index contributed by atoms with van der Waals surface area (Å²) in [6, 6.07) is 0. The van der Waals surface area contributed by atoms with Gasteiger partial charge in [0, 0.05) is 0 Å². The van der Waals surface area contributed by atoms with Crippen molar-refractivity contribution in [2.45, 2.75) is 12.8 Å². The molecule has 0 radical (unpaired) electrons. The monoisotopic (exact) mass is 294 g/mol. The lowest BCUT2D eigenvalue weighted by Crippen LogP contribution is -2.13. The van der Waals surface area contributed by atoms with Crippen LogP contribution in [0.5, 0.6) is 0 Å². The Balaban J connectivity index is 2.99.